The van der Waals surface area contributed by atoms with Crippen molar-refractivity contribution in [3.63, 3.8) is 0 Å². The van der Waals surface area contributed by atoms with Gasteiger partial charge >= 0.3 is 19.8 Å². The number of carboxylic acid groups (broad SMARTS) is 1. The molecule has 0 aromatic rings. The first-order valence-electron chi connectivity index (χ1n) is 25.0. The molecule has 0 radical (unpaired) electrons. The molecule has 0 bridgehead atoms. The Hall–Kier alpha value is -2.59. The van der Waals surface area contributed by atoms with Gasteiger partial charge in [0.2, 0.25) is 0 Å². The molecule has 0 saturated heterocycles. The van der Waals surface area contributed by atoms with E-state index in [4.69, 9.17) is 29.4 Å². The monoisotopic (exact) mass is 906 g/mol. The maximum atomic E-state index is 12.7. The number of rotatable bonds is 47. The van der Waals surface area contributed by atoms with Crippen molar-refractivity contribution in [2.45, 2.75) is 219 Å². The smallest absolute Gasteiger partial charge is 0.472 e. The van der Waals surface area contributed by atoms with E-state index >= 15 is 0 Å². The zero-order valence-electron chi connectivity index (χ0n) is 39.9. The largest absolute Gasteiger partial charge is 0.480 e. The fraction of sp³-hybridized carbons (Fsp3) is 0.731. The Bertz CT molecular complexity index is 1280. The van der Waals surface area contributed by atoms with Crippen LogP contribution in [-0.4, -0.2) is 60.5 Å². The molecule has 0 saturated carbocycles. The van der Waals surface area contributed by atoms with Gasteiger partial charge in [0.1, 0.15) is 12.1 Å². The summed E-state index contributed by atoms with van der Waals surface area (Å²) in [6.45, 7) is 3.73. The van der Waals surface area contributed by atoms with Crippen molar-refractivity contribution >= 4 is 19.8 Å². The topological polar surface area (TPSA) is 155 Å². The maximum Gasteiger partial charge on any atom is 0.472 e. The first kappa shape index (κ1) is 60.4. The SMILES string of the molecule is CC/C=C\C/C=C\C/C=C\C/C=C\CCCCCCCCCCCOCC(COP(=O)(O)OCC(N)C(=O)O)OC(=O)CCCCCCCCCCC/C=C\C/C=C\CCCCC. The summed E-state index contributed by atoms with van der Waals surface area (Å²) >= 11 is 0. The fourth-order valence-electron chi connectivity index (χ4n) is 6.63. The number of carbonyl (C=O) groups is 2. The Kier molecular flexibility index (Phi) is 45.4. The number of allylic oxidation sites excluding steroid dienone is 12. The Morgan fingerprint density at radius 1 is 0.524 bits per heavy atom. The lowest BCUT2D eigenvalue weighted by Gasteiger charge is -2.20. The van der Waals surface area contributed by atoms with Gasteiger partial charge in [0.25, 0.3) is 0 Å². The van der Waals surface area contributed by atoms with Crippen LogP contribution in [0.4, 0.5) is 0 Å². The molecule has 364 valence electrons. The van der Waals surface area contributed by atoms with Crippen molar-refractivity contribution in [2.24, 2.45) is 5.73 Å². The molecular weight excluding hydrogens is 814 g/mol. The Morgan fingerprint density at radius 2 is 0.921 bits per heavy atom. The van der Waals surface area contributed by atoms with Crippen LogP contribution in [-0.2, 0) is 32.7 Å². The number of unbranched alkanes of at least 4 members (excludes halogenated alkanes) is 21. The van der Waals surface area contributed by atoms with Gasteiger partial charge in [0.05, 0.1) is 19.8 Å². The molecule has 63 heavy (non-hydrogen) atoms. The summed E-state index contributed by atoms with van der Waals surface area (Å²) in [5, 5.41) is 8.93. The van der Waals surface area contributed by atoms with Crippen LogP contribution in [0.5, 0.6) is 0 Å². The summed E-state index contributed by atoms with van der Waals surface area (Å²) in [4.78, 5) is 33.7. The van der Waals surface area contributed by atoms with E-state index in [1.165, 1.54) is 96.3 Å². The van der Waals surface area contributed by atoms with Crippen LogP contribution >= 0.6 is 7.82 Å². The number of nitrogens with two attached hydrogens (primary N) is 1. The number of ether oxygens (including phenoxy) is 2. The van der Waals surface area contributed by atoms with Gasteiger partial charge in [-0.2, -0.15) is 0 Å². The average molecular weight is 906 g/mol. The summed E-state index contributed by atoms with van der Waals surface area (Å²) in [5.74, 6) is -1.79. The minimum Gasteiger partial charge on any atom is -0.480 e. The second-order valence-electron chi connectivity index (χ2n) is 16.6. The van der Waals surface area contributed by atoms with Gasteiger partial charge in [-0.3, -0.25) is 18.6 Å². The number of hydrogen-bond donors (Lipinski definition) is 3. The van der Waals surface area contributed by atoms with Crippen LogP contribution in [0.25, 0.3) is 0 Å². The molecule has 0 amide bonds. The molecule has 0 aliphatic carbocycles. The maximum absolute atomic E-state index is 12.7. The van der Waals surface area contributed by atoms with Crippen LogP contribution < -0.4 is 5.73 Å². The van der Waals surface area contributed by atoms with Crippen molar-refractivity contribution in [1.29, 1.82) is 0 Å². The summed E-state index contributed by atoms with van der Waals surface area (Å²) in [6, 6.07) is -1.48. The van der Waals surface area contributed by atoms with Crippen molar-refractivity contribution in [2.75, 3.05) is 26.4 Å². The highest BCUT2D eigenvalue weighted by atomic mass is 31.2. The van der Waals surface area contributed by atoms with E-state index in [1.54, 1.807) is 0 Å². The van der Waals surface area contributed by atoms with Gasteiger partial charge in [-0.25, -0.2) is 4.57 Å². The highest BCUT2D eigenvalue weighted by Crippen LogP contribution is 2.43. The second-order valence-corrected chi connectivity index (χ2v) is 18.0. The number of phosphoric acid groups is 1. The van der Waals surface area contributed by atoms with Crippen molar-refractivity contribution in [3.8, 4) is 0 Å². The molecule has 10 nitrogen and oxygen atoms in total. The average Bonchev–Trinajstić information content (AvgIpc) is 3.26. The van der Waals surface area contributed by atoms with Crippen molar-refractivity contribution < 1.29 is 42.7 Å². The van der Waals surface area contributed by atoms with Crippen LogP contribution in [0, 0.1) is 0 Å². The number of hydrogen-bond acceptors (Lipinski definition) is 8. The lowest BCUT2D eigenvalue weighted by molar-refractivity contribution is -0.154. The Balaban J connectivity index is 4.18. The molecule has 0 aromatic carbocycles. The van der Waals surface area contributed by atoms with Crippen LogP contribution in [0.3, 0.4) is 0 Å². The fourth-order valence-corrected chi connectivity index (χ4v) is 7.40. The quantitative estimate of drug-likeness (QED) is 0.0233. The van der Waals surface area contributed by atoms with E-state index in [0.29, 0.717) is 13.0 Å². The van der Waals surface area contributed by atoms with Crippen molar-refractivity contribution in [3.05, 3.63) is 72.9 Å². The molecular formula is C52H92NO9P. The minimum absolute atomic E-state index is 0.00805. The lowest BCUT2D eigenvalue weighted by atomic mass is 10.1. The van der Waals surface area contributed by atoms with E-state index in [9.17, 15) is 19.0 Å². The molecule has 0 rings (SSSR count). The van der Waals surface area contributed by atoms with Gasteiger partial charge < -0.3 is 25.2 Å². The predicted molar refractivity (Wildman–Crippen MR) is 263 cm³/mol. The third-order valence-electron chi connectivity index (χ3n) is 10.5. The number of phosphoric ester groups is 1. The summed E-state index contributed by atoms with van der Waals surface area (Å²) in [6.07, 6.45) is 59.5. The molecule has 0 aromatic heterocycles. The van der Waals surface area contributed by atoms with Crippen LogP contribution in [0.1, 0.15) is 206 Å². The second kappa shape index (κ2) is 47.4. The van der Waals surface area contributed by atoms with Crippen molar-refractivity contribution in [1.82, 2.24) is 0 Å². The lowest BCUT2D eigenvalue weighted by Crippen LogP contribution is -2.34. The first-order valence-corrected chi connectivity index (χ1v) is 26.5. The summed E-state index contributed by atoms with van der Waals surface area (Å²) in [5.41, 5.74) is 5.37. The van der Waals surface area contributed by atoms with Gasteiger partial charge in [0, 0.05) is 13.0 Å². The molecule has 11 heteroatoms. The number of esters is 1. The highest BCUT2D eigenvalue weighted by molar-refractivity contribution is 7.47. The van der Waals surface area contributed by atoms with Gasteiger partial charge in [-0.1, -0.05) is 189 Å². The van der Waals surface area contributed by atoms with E-state index in [0.717, 1.165) is 83.5 Å². The summed E-state index contributed by atoms with van der Waals surface area (Å²) < 4.78 is 33.5. The standard InChI is InChI=1S/C52H92NO9P/c1-3-5-7-9-11-13-15-17-19-21-23-24-25-27-29-31-33-35-37-39-41-43-45-59-46-49(47-60-63(57,58)61-48-50(53)52(55)56)62-51(54)44-42-40-38-36-34-32-30-28-26-22-20-18-16-14-12-10-8-6-4-2/h5,7,11-14,17-20,23-24,49-50H,3-4,6,8-10,15-16,21-22,25-48,53H2,1-2H3,(H,55,56)(H,57,58)/b7-5-,13-11-,14-12-,19-17-,20-18-,24-23-. The van der Waals surface area contributed by atoms with Gasteiger partial charge in [0.15, 0.2) is 0 Å². The molecule has 0 aliphatic rings. The molecule has 4 N–H and O–H groups in total. The number of carbonyl (C=O) groups excluding carboxylic acids is 1. The third kappa shape index (κ3) is 47.2. The van der Waals surface area contributed by atoms with E-state index < -0.39 is 45.1 Å². The Labute approximate surface area is 384 Å². The first-order chi connectivity index (χ1) is 30.7. The highest BCUT2D eigenvalue weighted by Gasteiger charge is 2.27. The van der Waals surface area contributed by atoms with E-state index in [1.807, 2.05) is 0 Å². The zero-order valence-corrected chi connectivity index (χ0v) is 40.8. The van der Waals surface area contributed by atoms with E-state index in [2.05, 4.69) is 86.8 Å². The zero-order chi connectivity index (χ0) is 46.2. The molecule has 0 spiro atoms. The van der Waals surface area contributed by atoms with Gasteiger partial charge in [-0.15, -0.1) is 0 Å². The van der Waals surface area contributed by atoms with Gasteiger partial charge in [-0.05, 0) is 83.5 Å². The Morgan fingerprint density at radius 3 is 1.38 bits per heavy atom. The normalized spacial score (nSPS) is 14.3. The molecule has 3 unspecified atom stereocenters. The molecule has 0 fully saturated rings. The summed E-state index contributed by atoms with van der Waals surface area (Å²) in [7, 11) is -4.63. The van der Waals surface area contributed by atoms with Crippen LogP contribution in [0.2, 0.25) is 0 Å². The number of aliphatic carboxylic acids is 1. The molecule has 0 heterocycles. The molecule has 3 atom stereocenters. The van der Waals surface area contributed by atoms with Crippen LogP contribution in [0.15, 0.2) is 72.9 Å². The van der Waals surface area contributed by atoms with E-state index in [-0.39, 0.29) is 13.0 Å². The molecule has 0 aliphatic heterocycles. The number of carboxylic acids is 1. The predicted octanol–water partition coefficient (Wildman–Crippen LogP) is 14.5. The third-order valence-corrected chi connectivity index (χ3v) is 11.4. The minimum atomic E-state index is -4.63.